The van der Waals surface area contributed by atoms with Gasteiger partial charge in [-0.3, -0.25) is 0 Å². The molecule has 0 spiro atoms. The van der Waals surface area contributed by atoms with Crippen LogP contribution in [0.3, 0.4) is 0 Å². The van der Waals surface area contributed by atoms with Crippen molar-refractivity contribution in [1.29, 1.82) is 0 Å². The first-order valence-corrected chi connectivity index (χ1v) is 6.87. The Labute approximate surface area is 117 Å². The Balaban J connectivity index is 2.14. The molecule has 0 aromatic carbocycles. The Hall–Kier alpha value is -1.33. The highest BCUT2D eigenvalue weighted by molar-refractivity contribution is 5.31. The third-order valence-electron chi connectivity index (χ3n) is 3.90. The highest BCUT2D eigenvalue weighted by atomic mass is 19.4. The van der Waals surface area contributed by atoms with Gasteiger partial charge in [-0.2, -0.15) is 13.2 Å². The van der Waals surface area contributed by atoms with Crippen molar-refractivity contribution in [2.24, 2.45) is 11.8 Å². The molecule has 6 heteroatoms. The second-order valence-electron chi connectivity index (χ2n) is 5.12. The van der Waals surface area contributed by atoms with Crippen molar-refractivity contribution >= 4 is 5.95 Å². The lowest BCUT2D eigenvalue weighted by Gasteiger charge is -2.39. The van der Waals surface area contributed by atoms with E-state index >= 15 is 0 Å². The van der Waals surface area contributed by atoms with E-state index in [4.69, 9.17) is 0 Å². The second-order valence-corrected chi connectivity index (χ2v) is 5.12. The average molecular weight is 286 g/mol. The monoisotopic (exact) mass is 286 g/mol. The Morgan fingerprint density at radius 2 is 2.00 bits per heavy atom. The zero-order chi connectivity index (χ0) is 14.8. The first kappa shape index (κ1) is 15.1. The maximum absolute atomic E-state index is 13.1. The molecule has 0 bridgehead atoms. The molecule has 1 aromatic rings. The molecule has 1 aliphatic heterocycles. The standard InChI is InChI=1S/C14H19F3N3/c1-3-10-7-18-13(19-8-10)20-6-5-11(4-2)12(9-20)14(15,16)17/h4,7-8,11-12H,3,5-6,9H2,1-2H3. The fourth-order valence-corrected chi connectivity index (χ4v) is 2.59. The summed E-state index contributed by atoms with van der Waals surface area (Å²) in [6.07, 6.45) is 2.15. The maximum atomic E-state index is 13.1. The van der Waals surface area contributed by atoms with Crippen LogP contribution in [0.15, 0.2) is 12.4 Å². The Morgan fingerprint density at radius 1 is 1.35 bits per heavy atom. The van der Waals surface area contributed by atoms with Gasteiger partial charge in [-0.25, -0.2) is 9.97 Å². The Kier molecular flexibility index (Phi) is 4.50. The molecule has 3 nitrogen and oxygen atoms in total. The molecule has 2 rings (SSSR count). The molecule has 20 heavy (non-hydrogen) atoms. The molecule has 1 aromatic heterocycles. The van der Waals surface area contributed by atoms with Crippen LogP contribution >= 0.6 is 0 Å². The highest BCUT2D eigenvalue weighted by Crippen LogP contribution is 2.39. The summed E-state index contributed by atoms with van der Waals surface area (Å²) in [6, 6.07) is 0. The first-order valence-electron chi connectivity index (χ1n) is 6.87. The summed E-state index contributed by atoms with van der Waals surface area (Å²) in [7, 11) is 0. The van der Waals surface area contributed by atoms with Crippen LogP contribution in [0.4, 0.5) is 19.1 Å². The van der Waals surface area contributed by atoms with Crippen LogP contribution < -0.4 is 4.90 Å². The summed E-state index contributed by atoms with van der Waals surface area (Å²) in [5.74, 6) is -1.36. The SMILES string of the molecule is C[CH]C1CCN(c2ncc(CC)cn2)CC1C(F)(F)F. The molecule has 2 atom stereocenters. The topological polar surface area (TPSA) is 29.0 Å². The van der Waals surface area contributed by atoms with Crippen LogP contribution in [-0.4, -0.2) is 29.2 Å². The smallest absolute Gasteiger partial charge is 0.340 e. The van der Waals surface area contributed by atoms with Crippen LogP contribution in [-0.2, 0) is 6.42 Å². The summed E-state index contributed by atoms with van der Waals surface area (Å²) in [5, 5.41) is 0. The third-order valence-corrected chi connectivity index (χ3v) is 3.90. The average Bonchev–Trinajstić information content (AvgIpc) is 2.46. The van der Waals surface area contributed by atoms with Gasteiger partial charge in [0.2, 0.25) is 5.95 Å². The molecule has 2 heterocycles. The number of rotatable bonds is 3. The quantitative estimate of drug-likeness (QED) is 0.854. The zero-order valence-electron chi connectivity index (χ0n) is 11.7. The number of alkyl halides is 3. The lowest BCUT2D eigenvalue weighted by atomic mass is 9.83. The van der Waals surface area contributed by atoms with E-state index in [1.54, 1.807) is 30.6 Å². The summed E-state index contributed by atoms with van der Waals surface area (Å²) in [6.45, 7) is 4.18. The third kappa shape index (κ3) is 3.22. The largest absolute Gasteiger partial charge is 0.393 e. The maximum Gasteiger partial charge on any atom is 0.393 e. The van der Waals surface area contributed by atoms with E-state index in [2.05, 4.69) is 9.97 Å². The predicted molar refractivity (Wildman–Crippen MR) is 71.2 cm³/mol. The molecule has 0 amide bonds. The summed E-state index contributed by atoms with van der Waals surface area (Å²) in [5.41, 5.74) is 0.984. The van der Waals surface area contributed by atoms with Gasteiger partial charge < -0.3 is 4.90 Å². The van der Waals surface area contributed by atoms with E-state index in [0.29, 0.717) is 18.9 Å². The molecule has 1 fully saturated rings. The highest BCUT2D eigenvalue weighted by Gasteiger charge is 2.47. The van der Waals surface area contributed by atoms with E-state index in [1.165, 1.54) is 0 Å². The van der Waals surface area contributed by atoms with Crippen molar-refractivity contribution in [3.63, 3.8) is 0 Å². The molecule has 1 radical (unpaired) electrons. The van der Waals surface area contributed by atoms with Crippen LogP contribution in [0, 0.1) is 18.3 Å². The number of aryl methyl sites for hydroxylation is 1. The summed E-state index contributed by atoms with van der Waals surface area (Å²) >= 11 is 0. The van der Waals surface area contributed by atoms with Crippen LogP contribution in [0.1, 0.15) is 25.8 Å². The van der Waals surface area contributed by atoms with Gasteiger partial charge in [-0.05, 0) is 30.7 Å². The molecule has 0 saturated carbocycles. The number of piperidine rings is 1. The minimum atomic E-state index is -4.18. The van der Waals surface area contributed by atoms with Gasteiger partial charge in [0.05, 0.1) is 5.92 Å². The number of hydrogen-bond donors (Lipinski definition) is 0. The van der Waals surface area contributed by atoms with Crippen molar-refractivity contribution in [3.8, 4) is 0 Å². The Morgan fingerprint density at radius 3 is 2.50 bits per heavy atom. The van der Waals surface area contributed by atoms with Crippen molar-refractivity contribution in [1.82, 2.24) is 9.97 Å². The van der Waals surface area contributed by atoms with Gasteiger partial charge in [-0.15, -0.1) is 0 Å². The van der Waals surface area contributed by atoms with Gasteiger partial charge in [0.1, 0.15) is 0 Å². The molecule has 0 N–H and O–H groups in total. The van der Waals surface area contributed by atoms with Crippen molar-refractivity contribution in [2.45, 2.75) is 32.9 Å². The number of anilines is 1. The fraction of sp³-hybridized carbons (Fsp3) is 0.643. The summed E-state index contributed by atoms with van der Waals surface area (Å²) in [4.78, 5) is 9.99. The Bertz CT molecular complexity index is 430. The second kappa shape index (κ2) is 5.97. The van der Waals surface area contributed by atoms with Gasteiger partial charge in [0.15, 0.2) is 0 Å². The van der Waals surface area contributed by atoms with Crippen LogP contribution in [0.2, 0.25) is 0 Å². The van der Waals surface area contributed by atoms with E-state index in [0.717, 1.165) is 12.0 Å². The molecular weight excluding hydrogens is 267 g/mol. The van der Waals surface area contributed by atoms with Crippen molar-refractivity contribution < 1.29 is 13.2 Å². The van der Waals surface area contributed by atoms with Gasteiger partial charge in [0, 0.05) is 25.5 Å². The lowest BCUT2D eigenvalue weighted by molar-refractivity contribution is -0.186. The van der Waals surface area contributed by atoms with Crippen molar-refractivity contribution in [2.75, 3.05) is 18.0 Å². The summed E-state index contributed by atoms with van der Waals surface area (Å²) < 4.78 is 39.3. The zero-order valence-corrected chi connectivity index (χ0v) is 11.7. The normalized spacial score (nSPS) is 23.9. The van der Waals surface area contributed by atoms with Crippen LogP contribution in [0.25, 0.3) is 0 Å². The van der Waals surface area contributed by atoms with E-state index < -0.39 is 18.0 Å². The molecule has 2 unspecified atom stereocenters. The number of halogens is 3. The van der Waals surface area contributed by atoms with Crippen LogP contribution in [0.5, 0.6) is 0 Å². The number of nitrogens with zero attached hydrogens (tertiary/aromatic N) is 3. The van der Waals surface area contributed by atoms with E-state index in [-0.39, 0.29) is 6.54 Å². The molecule has 1 aliphatic rings. The number of aromatic nitrogens is 2. The minimum Gasteiger partial charge on any atom is -0.340 e. The fourth-order valence-electron chi connectivity index (χ4n) is 2.59. The number of hydrogen-bond acceptors (Lipinski definition) is 3. The molecule has 111 valence electrons. The van der Waals surface area contributed by atoms with Gasteiger partial charge in [-0.1, -0.05) is 13.8 Å². The van der Waals surface area contributed by atoms with E-state index in [9.17, 15) is 13.2 Å². The van der Waals surface area contributed by atoms with Crippen molar-refractivity contribution in [3.05, 3.63) is 24.4 Å². The molecule has 0 aliphatic carbocycles. The van der Waals surface area contributed by atoms with Gasteiger partial charge >= 0.3 is 6.18 Å². The first-order chi connectivity index (χ1) is 9.45. The van der Waals surface area contributed by atoms with Gasteiger partial charge in [0.25, 0.3) is 0 Å². The minimum absolute atomic E-state index is 0.0655. The lowest BCUT2D eigenvalue weighted by Crippen LogP contribution is -2.47. The molecule has 1 saturated heterocycles. The van der Waals surface area contributed by atoms with E-state index in [1.807, 2.05) is 6.92 Å². The predicted octanol–water partition coefficient (Wildman–Crippen LogP) is 3.27. The molecular formula is C14H19F3N3.